The van der Waals surface area contributed by atoms with E-state index in [0.717, 1.165) is 16.9 Å². The summed E-state index contributed by atoms with van der Waals surface area (Å²) in [5.41, 5.74) is 2.37. The summed E-state index contributed by atoms with van der Waals surface area (Å²) in [4.78, 5) is 14.4. The predicted molar refractivity (Wildman–Crippen MR) is 91.8 cm³/mol. The van der Waals surface area contributed by atoms with Crippen LogP contribution < -0.4 is 4.90 Å². The monoisotopic (exact) mass is 334 g/mol. The maximum atomic E-state index is 12.7. The van der Waals surface area contributed by atoms with Crippen LogP contribution in [0.25, 0.3) is 0 Å². The van der Waals surface area contributed by atoms with Crippen molar-refractivity contribution in [3.63, 3.8) is 0 Å². The SMILES string of the molecule is CCN(C(=O)[C@@H](C)[S@](=O)Cc1c(C)noc1C)c1ccccc1. The lowest BCUT2D eigenvalue weighted by Crippen LogP contribution is -2.40. The van der Waals surface area contributed by atoms with Crippen LogP contribution in [0.2, 0.25) is 0 Å². The Kier molecular flexibility index (Phi) is 5.71. The van der Waals surface area contributed by atoms with Crippen LogP contribution in [0.1, 0.15) is 30.9 Å². The molecule has 2 atom stereocenters. The highest BCUT2D eigenvalue weighted by atomic mass is 32.2. The number of carbonyl (C=O) groups is 1. The van der Waals surface area contributed by atoms with E-state index in [1.54, 1.807) is 18.7 Å². The minimum atomic E-state index is -1.33. The first-order valence-corrected chi connectivity index (χ1v) is 8.99. The quantitative estimate of drug-likeness (QED) is 0.815. The Morgan fingerprint density at radius 2 is 1.96 bits per heavy atom. The van der Waals surface area contributed by atoms with Crippen molar-refractivity contribution in [2.24, 2.45) is 0 Å². The average molecular weight is 334 g/mol. The molecule has 0 N–H and O–H groups in total. The summed E-state index contributed by atoms with van der Waals surface area (Å²) >= 11 is 0. The van der Waals surface area contributed by atoms with Crippen LogP contribution in [0.15, 0.2) is 34.9 Å². The highest BCUT2D eigenvalue weighted by Gasteiger charge is 2.27. The molecule has 2 rings (SSSR count). The van der Waals surface area contributed by atoms with Crippen LogP contribution in [0.4, 0.5) is 5.69 Å². The number of aromatic nitrogens is 1. The van der Waals surface area contributed by atoms with E-state index in [9.17, 15) is 9.00 Å². The molecule has 6 heteroatoms. The molecule has 0 saturated heterocycles. The summed E-state index contributed by atoms with van der Waals surface area (Å²) < 4.78 is 17.7. The molecule has 5 nitrogen and oxygen atoms in total. The van der Waals surface area contributed by atoms with Crippen LogP contribution in [0, 0.1) is 13.8 Å². The van der Waals surface area contributed by atoms with Crippen LogP contribution in [-0.4, -0.2) is 27.1 Å². The minimum Gasteiger partial charge on any atom is -0.361 e. The van der Waals surface area contributed by atoms with Gasteiger partial charge in [0.05, 0.1) is 11.4 Å². The van der Waals surface area contributed by atoms with Crippen LogP contribution in [0.5, 0.6) is 0 Å². The third kappa shape index (κ3) is 3.88. The van der Waals surface area contributed by atoms with E-state index in [1.807, 2.05) is 44.2 Å². The van der Waals surface area contributed by atoms with Gasteiger partial charge in [0.25, 0.3) is 0 Å². The Balaban J connectivity index is 2.13. The summed E-state index contributed by atoms with van der Waals surface area (Å²) in [7, 11) is -1.33. The van der Waals surface area contributed by atoms with Gasteiger partial charge in [-0.2, -0.15) is 0 Å². The zero-order valence-corrected chi connectivity index (χ0v) is 14.7. The van der Waals surface area contributed by atoms with Crippen molar-refractivity contribution in [2.75, 3.05) is 11.4 Å². The highest BCUT2D eigenvalue weighted by Crippen LogP contribution is 2.19. The van der Waals surface area contributed by atoms with E-state index in [4.69, 9.17) is 4.52 Å². The average Bonchev–Trinajstić information content (AvgIpc) is 2.87. The second-order valence-electron chi connectivity index (χ2n) is 5.39. The maximum absolute atomic E-state index is 12.7. The van der Waals surface area contributed by atoms with Gasteiger partial charge >= 0.3 is 0 Å². The largest absolute Gasteiger partial charge is 0.361 e. The molecular weight excluding hydrogens is 312 g/mol. The van der Waals surface area contributed by atoms with Gasteiger partial charge in [0, 0.05) is 28.6 Å². The van der Waals surface area contributed by atoms with Gasteiger partial charge in [-0.1, -0.05) is 23.4 Å². The molecule has 0 spiro atoms. The second-order valence-corrected chi connectivity index (χ2v) is 7.15. The fourth-order valence-electron chi connectivity index (χ4n) is 2.38. The number of carbonyl (C=O) groups excluding carboxylic acids is 1. The van der Waals surface area contributed by atoms with E-state index in [1.165, 1.54) is 0 Å². The second kappa shape index (κ2) is 7.55. The van der Waals surface area contributed by atoms with Gasteiger partial charge < -0.3 is 9.42 Å². The van der Waals surface area contributed by atoms with Crippen molar-refractivity contribution >= 4 is 22.4 Å². The number of rotatable bonds is 6. The predicted octanol–water partition coefficient (Wildman–Crippen LogP) is 2.98. The highest BCUT2D eigenvalue weighted by molar-refractivity contribution is 7.85. The van der Waals surface area contributed by atoms with Crippen molar-refractivity contribution in [3.05, 3.63) is 47.3 Å². The molecule has 0 unspecified atom stereocenters. The molecule has 23 heavy (non-hydrogen) atoms. The number of hydrogen-bond donors (Lipinski definition) is 0. The Bertz CT molecular complexity index is 678. The molecule has 0 aliphatic rings. The molecule has 2 aromatic rings. The summed E-state index contributed by atoms with van der Waals surface area (Å²) in [6.07, 6.45) is 0. The first kappa shape index (κ1) is 17.4. The fourth-order valence-corrected chi connectivity index (χ4v) is 3.68. The van der Waals surface area contributed by atoms with Gasteiger partial charge in [0.15, 0.2) is 0 Å². The van der Waals surface area contributed by atoms with Crippen molar-refractivity contribution in [2.45, 2.75) is 38.7 Å². The first-order chi connectivity index (χ1) is 11.0. The lowest BCUT2D eigenvalue weighted by Gasteiger charge is -2.24. The van der Waals surface area contributed by atoms with Crippen LogP contribution >= 0.6 is 0 Å². The van der Waals surface area contributed by atoms with E-state index in [2.05, 4.69) is 5.16 Å². The lowest BCUT2D eigenvalue weighted by atomic mass is 10.2. The number of para-hydroxylation sites is 1. The first-order valence-electron chi connectivity index (χ1n) is 7.61. The topological polar surface area (TPSA) is 63.4 Å². The molecule has 0 aliphatic carbocycles. The number of nitrogens with zero attached hydrogens (tertiary/aromatic N) is 2. The molecule has 0 saturated carbocycles. The summed E-state index contributed by atoms with van der Waals surface area (Å²) in [5, 5.41) is 3.27. The fraction of sp³-hybridized carbons (Fsp3) is 0.412. The van der Waals surface area contributed by atoms with E-state index in [0.29, 0.717) is 12.3 Å². The third-order valence-electron chi connectivity index (χ3n) is 3.86. The van der Waals surface area contributed by atoms with Gasteiger partial charge in [-0.3, -0.25) is 9.00 Å². The van der Waals surface area contributed by atoms with Gasteiger partial charge in [-0.05, 0) is 39.8 Å². The molecule has 1 aromatic carbocycles. The third-order valence-corrected chi connectivity index (χ3v) is 5.42. The molecular formula is C17H22N2O3S. The summed E-state index contributed by atoms with van der Waals surface area (Å²) in [6.45, 7) is 7.77. The maximum Gasteiger partial charge on any atom is 0.242 e. The zero-order valence-electron chi connectivity index (χ0n) is 13.9. The number of benzene rings is 1. The van der Waals surface area contributed by atoms with Crippen molar-refractivity contribution < 1.29 is 13.5 Å². The Hall–Kier alpha value is -1.95. The molecule has 124 valence electrons. The standard InChI is InChI=1S/C17H22N2O3S/c1-5-19(15-9-7-6-8-10-15)17(20)14(4)23(21)11-16-12(2)18-22-13(16)3/h6-10,14H,5,11H2,1-4H3/t14-,23-/m1/s1. The molecule has 1 amide bonds. The Morgan fingerprint density at radius 3 is 2.48 bits per heavy atom. The molecule has 0 bridgehead atoms. The Labute approximate surface area is 139 Å². The van der Waals surface area contributed by atoms with E-state index < -0.39 is 16.0 Å². The number of anilines is 1. The van der Waals surface area contributed by atoms with Gasteiger partial charge in [0.1, 0.15) is 11.0 Å². The molecule has 0 radical (unpaired) electrons. The van der Waals surface area contributed by atoms with Crippen LogP contribution in [0.3, 0.4) is 0 Å². The zero-order chi connectivity index (χ0) is 17.0. The lowest BCUT2D eigenvalue weighted by molar-refractivity contribution is -0.117. The van der Waals surface area contributed by atoms with Crippen molar-refractivity contribution in [1.82, 2.24) is 5.16 Å². The molecule has 0 fully saturated rings. The molecule has 1 heterocycles. The van der Waals surface area contributed by atoms with Crippen molar-refractivity contribution in [3.8, 4) is 0 Å². The smallest absolute Gasteiger partial charge is 0.242 e. The van der Waals surface area contributed by atoms with E-state index >= 15 is 0 Å². The minimum absolute atomic E-state index is 0.135. The summed E-state index contributed by atoms with van der Waals surface area (Å²) in [6, 6.07) is 9.44. The van der Waals surface area contributed by atoms with Crippen molar-refractivity contribution in [1.29, 1.82) is 0 Å². The summed E-state index contributed by atoms with van der Waals surface area (Å²) in [5.74, 6) is 0.801. The Morgan fingerprint density at radius 1 is 1.30 bits per heavy atom. The van der Waals surface area contributed by atoms with E-state index in [-0.39, 0.29) is 11.7 Å². The molecule has 1 aromatic heterocycles. The van der Waals surface area contributed by atoms with Gasteiger partial charge in [-0.25, -0.2) is 0 Å². The number of hydrogen-bond acceptors (Lipinski definition) is 4. The normalized spacial score (nSPS) is 13.6. The number of aryl methyl sites for hydroxylation is 2. The number of amides is 1. The van der Waals surface area contributed by atoms with Crippen LogP contribution in [-0.2, 0) is 21.3 Å². The van der Waals surface area contributed by atoms with Gasteiger partial charge in [0.2, 0.25) is 5.91 Å². The van der Waals surface area contributed by atoms with Gasteiger partial charge in [-0.15, -0.1) is 0 Å². The molecule has 0 aliphatic heterocycles.